The van der Waals surface area contributed by atoms with Gasteiger partial charge in [-0.2, -0.15) is 0 Å². The Labute approximate surface area is 210 Å². The molecule has 0 bridgehead atoms. The van der Waals surface area contributed by atoms with Crippen LogP contribution in [0.25, 0.3) is 11.1 Å². The lowest BCUT2D eigenvalue weighted by molar-refractivity contribution is -0.128. The molecule has 1 amide bonds. The molecular weight excluding hydrogens is 479 g/mol. The van der Waals surface area contributed by atoms with Crippen LogP contribution in [0, 0.1) is 24.5 Å². The van der Waals surface area contributed by atoms with Gasteiger partial charge in [0, 0.05) is 36.2 Å². The number of benzene rings is 3. The Kier molecular flexibility index (Phi) is 7.56. The molecule has 1 saturated heterocycles. The van der Waals surface area contributed by atoms with E-state index >= 15 is 8.78 Å². The van der Waals surface area contributed by atoms with Gasteiger partial charge in [-0.05, 0) is 56.4 Å². The lowest BCUT2D eigenvalue weighted by Gasteiger charge is -2.32. The average molecular weight is 510 g/mol. The van der Waals surface area contributed by atoms with Gasteiger partial charge in [-0.15, -0.1) is 0 Å². The van der Waals surface area contributed by atoms with Crippen molar-refractivity contribution < 1.29 is 22.9 Å². The number of carbonyl (C=O) groups is 2. The largest absolute Gasteiger partial charge is 0.319 e. The second kappa shape index (κ2) is 10.5. The third-order valence-electron chi connectivity index (χ3n) is 6.67. The molecule has 0 aliphatic carbocycles. The van der Waals surface area contributed by atoms with Crippen molar-refractivity contribution in [2.45, 2.75) is 32.6 Å². The van der Waals surface area contributed by atoms with Crippen LogP contribution < -0.4 is 10.2 Å². The van der Waals surface area contributed by atoms with E-state index in [9.17, 15) is 14.2 Å². The fourth-order valence-corrected chi connectivity index (χ4v) is 6.01. The molecule has 0 unspecified atom stereocenters. The van der Waals surface area contributed by atoms with Crippen molar-refractivity contribution in [2.75, 3.05) is 24.8 Å². The van der Waals surface area contributed by atoms with E-state index in [1.807, 2.05) is 31.2 Å². The van der Waals surface area contributed by atoms with Crippen LogP contribution in [0.2, 0.25) is 0 Å². The number of amides is 1. The number of piperidine rings is 1. The Morgan fingerprint density at radius 1 is 0.972 bits per heavy atom. The number of hydrogen-bond acceptors (Lipinski definition) is 3. The quantitative estimate of drug-likeness (QED) is 0.360. The van der Waals surface area contributed by atoms with Crippen LogP contribution in [-0.4, -0.2) is 31.6 Å². The maximum absolute atomic E-state index is 15.3. The highest BCUT2D eigenvalue weighted by molar-refractivity contribution is 7.70. The van der Waals surface area contributed by atoms with Crippen LogP contribution >= 0.6 is 7.14 Å². The zero-order valence-electron chi connectivity index (χ0n) is 20.8. The van der Waals surface area contributed by atoms with E-state index in [-0.39, 0.29) is 42.3 Å². The van der Waals surface area contributed by atoms with Crippen molar-refractivity contribution in [1.29, 1.82) is 0 Å². The lowest BCUT2D eigenvalue weighted by atomic mass is 9.89. The Hall–Kier alpha value is -3.11. The van der Waals surface area contributed by atoms with Crippen LogP contribution in [0.4, 0.5) is 14.5 Å². The lowest BCUT2D eigenvalue weighted by Crippen LogP contribution is -2.42. The van der Waals surface area contributed by atoms with Gasteiger partial charge in [-0.1, -0.05) is 54.1 Å². The molecule has 0 N–H and O–H groups in total. The number of aryl methyl sites for hydroxylation is 1. The van der Waals surface area contributed by atoms with E-state index in [0.717, 1.165) is 11.1 Å². The number of hydrogen-bond donors (Lipinski definition) is 0. The normalized spacial score (nSPS) is 16.3. The Bertz CT molecular complexity index is 1350. The predicted octanol–water partition coefficient (Wildman–Crippen LogP) is 6.13. The van der Waals surface area contributed by atoms with E-state index in [2.05, 4.69) is 0 Å². The maximum atomic E-state index is 15.3. The summed E-state index contributed by atoms with van der Waals surface area (Å²) >= 11 is 0. The molecule has 36 heavy (non-hydrogen) atoms. The maximum Gasteiger partial charge on any atom is 0.230 e. The van der Waals surface area contributed by atoms with E-state index in [1.54, 1.807) is 37.6 Å². The zero-order valence-corrected chi connectivity index (χ0v) is 21.7. The van der Waals surface area contributed by atoms with Gasteiger partial charge in [0.25, 0.3) is 0 Å². The summed E-state index contributed by atoms with van der Waals surface area (Å²) in [5, 5.41) is 0.470. The summed E-state index contributed by atoms with van der Waals surface area (Å²) in [4.78, 5) is 27.1. The van der Waals surface area contributed by atoms with Crippen LogP contribution in [0.15, 0.2) is 60.7 Å². The molecule has 0 spiro atoms. The second-order valence-electron chi connectivity index (χ2n) is 9.86. The van der Waals surface area contributed by atoms with Crippen molar-refractivity contribution in [1.82, 2.24) is 0 Å². The van der Waals surface area contributed by atoms with Gasteiger partial charge in [0.15, 0.2) is 11.6 Å². The first-order chi connectivity index (χ1) is 17.1. The Balaban J connectivity index is 1.56. The number of anilines is 1. The van der Waals surface area contributed by atoms with Crippen molar-refractivity contribution in [2.24, 2.45) is 5.92 Å². The van der Waals surface area contributed by atoms with E-state index in [4.69, 9.17) is 0 Å². The first-order valence-electron chi connectivity index (χ1n) is 12.1. The predicted molar refractivity (Wildman–Crippen MR) is 140 cm³/mol. The van der Waals surface area contributed by atoms with E-state index in [1.165, 1.54) is 17.0 Å². The minimum absolute atomic E-state index is 0.00468. The number of ketones is 1. The van der Waals surface area contributed by atoms with Gasteiger partial charge in [0.1, 0.15) is 12.9 Å². The molecule has 7 heteroatoms. The number of halogens is 2. The number of Topliss-reactive ketones (excluding diaryl/α,β-unsaturated/α-hetero) is 1. The molecule has 3 aromatic carbocycles. The molecule has 1 heterocycles. The first-order valence-corrected chi connectivity index (χ1v) is 14.7. The van der Waals surface area contributed by atoms with Gasteiger partial charge in [0.05, 0.1) is 5.69 Å². The summed E-state index contributed by atoms with van der Waals surface area (Å²) in [6.45, 7) is 5.40. The molecule has 4 rings (SSSR count). The summed E-state index contributed by atoms with van der Waals surface area (Å²) in [7, 11) is -2.74. The van der Waals surface area contributed by atoms with Gasteiger partial charge < -0.3 is 9.46 Å². The minimum Gasteiger partial charge on any atom is -0.319 e. The summed E-state index contributed by atoms with van der Waals surface area (Å²) in [5.74, 6) is -3.19. The molecule has 3 aromatic rings. The molecule has 1 aliphatic rings. The highest BCUT2D eigenvalue weighted by Crippen LogP contribution is 2.40. The Morgan fingerprint density at radius 3 is 2.36 bits per heavy atom. The summed E-state index contributed by atoms with van der Waals surface area (Å²) in [6.07, 6.45) is 1.43. The molecule has 1 atom stereocenters. The number of nitrogens with zero attached hydrogens (tertiary/aromatic N) is 1. The third-order valence-corrected chi connectivity index (χ3v) is 8.22. The van der Waals surface area contributed by atoms with Gasteiger partial charge in [-0.25, -0.2) is 8.78 Å². The summed E-state index contributed by atoms with van der Waals surface area (Å²) in [5.41, 5.74) is 2.24. The van der Waals surface area contributed by atoms with Crippen molar-refractivity contribution in [3.63, 3.8) is 0 Å². The van der Waals surface area contributed by atoms with E-state index < -0.39 is 24.7 Å². The Morgan fingerprint density at radius 2 is 1.67 bits per heavy atom. The van der Waals surface area contributed by atoms with Crippen molar-refractivity contribution >= 4 is 29.8 Å². The molecule has 0 saturated carbocycles. The minimum atomic E-state index is -2.74. The van der Waals surface area contributed by atoms with E-state index in [0.29, 0.717) is 23.7 Å². The van der Waals surface area contributed by atoms with Crippen LogP contribution in [0.1, 0.15) is 30.4 Å². The van der Waals surface area contributed by atoms with Crippen molar-refractivity contribution in [3.05, 3.63) is 83.4 Å². The van der Waals surface area contributed by atoms with Crippen LogP contribution in [0.5, 0.6) is 0 Å². The molecule has 1 fully saturated rings. The third kappa shape index (κ3) is 5.49. The summed E-state index contributed by atoms with van der Waals surface area (Å²) in [6, 6.07) is 17.2. The second-order valence-corrected chi connectivity index (χ2v) is 13.0. The van der Waals surface area contributed by atoms with Crippen LogP contribution in [-0.2, 0) is 20.6 Å². The SMILES string of the molecule is Cc1ccc(CC(=O)C[C@@H]2CCCN(c3ccc(-c4ccccc4P(C)(C)=O)c(F)c3F)C2=O)cc1. The molecule has 188 valence electrons. The highest BCUT2D eigenvalue weighted by atomic mass is 31.2. The molecule has 1 aliphatic heterocycles. The van der Waals surface area contributed by atoms with Gasteiger partial charge in [0.2, 0.25) is 5.91 Å². The van der Waals surface area contributed by atoms with Crippen molar-refractivity contribution in [3.8, 4) is 11.1 Å². The number of carbonyl (C=O) groups excluding carboxylic acids is 2. The topological polar surface area (TPSA) is 54.5 Å². The fourth-order valence-electron chi connectivity index (χ4n) is 4.79. The number of rotatable bonds is 7. The zero-order chi connectivity index (χ0) is 26.0. The summed E-state index contributed by atoms with van der Waals surface area (Å²) < 4.78 is 43.4. The monoisotopic (exact) mass is 509 g/mol. The molecule has 0 aromatic heterocycles. The van der Waals surface area contributed by atoms with Crippen LogP contribution in [0.3, 0.4) is 0 Å². The molecular formula is C29H30F2NO3P. The molecule has 4 nitrogen and oxygen atoms in total. The standard InChI is InChI=1S/C29H30F2NO3P/c1-19-10-12-20(13-11-19)17-22(33)18-21-7-6-16-32(29(21)34)25-15-14-24(27(30)28(25)31)23-8-4-5-9-26(23)36(2,3)35/h4-5,8-15,21H,6-7,16-18H2,1-3H3/t21-/m0/s1. The average Bonchev–Trinajstić information content (AvgIpc) is 2.83. The fraction of sp³-hybridized carbons (Fsp3) is 0.310. The smallest absolute Gasteiger partial charge is 0.230 e. The molecule has 0 radical (unpaired) electrons. The van der Waals surface area contributed by atoms with Gasteiger partial charge >= 0.3 is 0 Å². The highest BCUT2D eigenvalue weighted by Gasteiger charge is 2.33. The first kappa shape index (κ1) is 26.0. The van der Waals surface area contributed by atoms with Gasteiger partial charge in [-0.3, -0.25) is 9.59 Å².